The smallest absolute Gasteiger partial charge is 0.329 e. The lowest BCUT2D eigenvalue weighted by molar-refractivity contribution is -0.153. The van der Waals surface area contributed by atoms with Crippen molar-refractivity contribution >= 4 is 11.9 Å². The van der Waals surface area contributed by atoms with Gasteiger partial charge in [-0.1, -0.05) is 0 Å². The Labute approximate surface area is 112 Å². The van der Waals surface area contributed by atoms with Crippen LogP contribution in [-0.2, 0) is 27.3 Å². The van der Waals surface area contributed by atoms with Gasteiger partial charge in [-0.05, 0) is 13.8 Å². The predicted molar refractivity (Wildman–Crippen MR) is 68.3 cm³/mol. The van der Waals surface area contributed by atoms with Crippen LogP contribution in [0.5, 0.6) is 0 Å². The van der Waals surface area contributed by atoms with Crippen LogP contribution in [0.1, 0.15) is 38.2 Å². The Kier molecular flexibility index (Phi) is 3.59. The van der Waals surface area contributed by atoms with Crippen LogP contribution in [0, 0.1) is 0 Å². The van der Waals surface area contributed by atoms with Crippen molar-refractivity contribution in [2.24, 2.45) is 0 Å². The average molecular weight is 265 g/mol. The minimum Gasteiger partial charge on any atom is -0.467 e. The van der Waals surface area contributed by atoms with Gasteiger partial charge >= 0.3 is 5.97 Å². The fraction of sp³-hybridized carbons (Fsp3) is 0.615. The van der Waals surface area contributed by atoms with Crippen molar-refractivity contribution in [1.82, 2.24) is 14.5 Å². The summed E-state index contributed by atoms with van der Waals surface area (Å²) in [7, 11) is 1.34. The molecule has 0 spiro atoms. The third-order valence-electron chi connectivity index (χ3n) is 3.50. The van der Waals surface area contributed by atoms with Gasteiger partial charge in [0.25, 0.3) is 0 Å². The first-order valence-corrected chi connectivity index (χ1v) is 6.35. The maximum absolute atomic E-state index is 11.8. The van der Waals surface area contributed by atoms with Crippen molar-refractivity contribution < 1.29 is 14.3 Å². The molecule has 1 aromatic rings. The van der Waals surface area contributed by atoms with E-state index in [4.69, 9.17) is 4.74 Å². The van der Waals surface area contributed by atoms with E-state index in [0.29, 0.717) is 13.0 Å². The van der Waals surface area contributed by atoms with Gasteiger partial charge < -0.3 is 14.2 Å². The van der Waals surface area contributed by atoms with Crippen molar-refractivity contribution in [3.63, 3.8) is 0 Å². The highest BCUT2D eigenvalue weighted by Gasteiger charge is 2.36. The Bertz CT molecular complexity index is 507. The van der Waals surface area contributed by atoms with Gasteiger partial charge in [0.1, 0.15) is 6.04 Å². The number of methoxy groups -OCH3 is 1. The average Bonchev–Trinajstić information content (AvgIpc) is 2.78. The second kappa shape index (κ2) is 5.03. The molecular weight excluding hydrogens is 246 g/mol. The van der Waals surface area contributed by atoms with Crippen LogP contribution in [0.15, 0.2) is 6.33 Å². The minimum atomic E-state index is -0.564. The SMILES string of the molecule is COC(=O)[C@@H]1Cc2ncn(C(C)C)c2CN1C(C)=O. The third kappa shape index (κ3) is 2.34. The van der Waals surface area contributed by atoms with Gasteiger partial charge in [0.2, 0.25) is 5.91 Å². The fourth-order valence-corrected chi connectivity index (χ4v) is 2.46. The first-order chi connectivity index (χ1) is 8.95. The topological polar surface area (TPSA) is 64.4 Å². The molecular formula is C13H19N3O3. The van der Waals surface area contributed by atoms with Gasteiger partial charge in [-0.15, -0.1) is 0 Å². The van der Waals surface area contributed by atoms with E-state index in [-0.39, 0.29) is 17.9 Å². The molecule has 1 aliphatic heterocycles. The number of fused-ring (bicyclic) bond motifs is 1. The van der Waals surface area contributed by atoms with E-state index in [1.54, 1.807) is 11.2 Å². The molecule has 0 aromatic carbocycles. The van der Waals surface area contributed by atoms with Crippen LogP contribution in [0.3, 0.4) is 0 Å². The molecule has 0 radical (unpaired) electrons. The van der Waals surface area contributed by atoms with Crippen LogP contribution in [0.25, 0.3) is 0 Å². The molecule has 0 unspecified atom stereocenters. The second-order valence-electron chi connectivity index (χ2n) is 5.03. The van der Waals surface area contributed by atoms with Gasteiger partial charge in [-0.2, -0.15) is 0 Å². The Morgan fingerprint density at radius 3 is 2.68 bits per heavy atom. The van der Waals surface area contributed by atoms with E-state index in [1.807, 2.05) is 4.57 Å². The summed E-state index contributed by atoms with van der Waals surface area (Å²) in [5.74, 6) is -0.516. The summed E-state index contributed by atoms with van der Waals surface area (Å²) in [6.07, 6.45) is 2.19. The summed E-state index contributed by atoms with van der Waals surface area (Å²) in [6.45, 7) is 6.00. The van der Waals surface area contributed by atoms with Crippen molar-refractivity contribution in [1.29, 1.82) is 0 Å². The lowest BCUT2D eigenvalue weighted by Gasteiger charge is -2.33. The zero-order chi connectivity index (χ0) is 14.2. The number of rotatable bonds is 2. The minimum absolute atomic E-state index is 0.127. The standard InChI is InChI=1S/C13H19N3O3/c1-8(2)16-7-14-10-5-11(13(18)19-4)15(9(3)17)6-12(10)16/h7-8,11H,5-6H2,1-4H3/t11-/m0/s1. The molecule has 0 saturated carbocycles. The van der Waals surface area contributed by atoms with Crippen molar-refractivity contribution in [3.8, 4) is 0 Å². The summed E-state index contributed by atoms with van der Waals surface area (Å²) < 4.78 is 6.81. The van der Waals surface area contributed by atoms with Crippen molar-refractivity contribution in [2.45, 2.75) is 45.8 Å². The van der Waals surface area contributed by atoms with E-state index in [2.05, 4.69) is 18.8 Å². The van der Waals surface area contributed by atoms with E-state index >= 15 is 0 Å². The Hall–Kier alpha value is -1.85. The Morgan fingerprint density at radius 1 is 1.47 bits per heavy atom. The van der Waals surface area contributed by atoms with Crippen LogP contribution >= 0.6 is 0 Å². The number of carbonyl (C=O) groups excluding carboxylic acids is 2. The largest absolute Gasteiger partial charge is 0.467 e. The van der Waals surface area contributed by atoms with Gasteiger partial charge in [-0.25, -0.2) is 9.78 Å². The van der Waals surface area contributed by atoms with Crippen LogP contribution in [0.4, 0.5) is 0 Å². The number of carbonyl (C=O) groups is 2. The second-order valence-corrected chi connectivity index (χ2v) is 5.03. The zero-order valence-electron chi connectivity index (χ0n) is 11.7. The van der Waals surface area contributed by atoms with E-state index < -0.39 is 6.04 Å². The molecule has 0 bridgehead atoms. The number of nitrogens with zero attached hydrogens (tertiary/aromatic N) is 3. The highest BCUT2D eigenvalue weighted by molar-refractivity contribution is 5.84. The predicted octanol–water partition coefficient (Wildman–Crippen LogP) is 0.910. The zero-order valence-corrected chi connectivity index (χ0v) is 11.7. The molecule has 0 aliphatic carbocycles. The van der Waals surface area contributed by atoms with Gasteiger partial charge in [0, 0.05) is 19.4 Å². The molecule has 19 heavy (non-hydrogen) atoms. The third-order valence-corrected chi connectivity index (χ3v) is 3.50. The summed E-state index contributed by atoms with van der Waals surface area (Å²) in [5.41, 5.74) is 1.88. The van der Waals surface area contributed by atoms with Crippen LogP contribution in [0.2, 0.25) is 0 Å². The molecule has 0 saturated heterocycles. The molecule has 6 nitrogen and oxygen atoms in total. The molecule has 1 atom stereocenters. The highest BCUT2D eigenvalue weighted by atomic mass is 16.5. The first kappa shape index (κ1) is 13.6. The molecule has 2 heterocycles. The monoisotopic (exact) mass is 265 g/mol. The normalized spacial score (nSPS) is 18.4. The lowest BCUT2D eigenvalue weighted by Crippen LogP contribution is -2.48. The molecule has 0 fully saturated rings. The van der Waals surface area contributed by atoms with Crippen molar-refractivity contribution in [2.75, 3.05) is 7.11 Å². The molecule has 1 amide bonds. The molecule has 1 aliphatic rings. The summed E-state index contributed by atoms with van der Waals surface area (Å²) in [5, 5.41) is 0. The Morgan fingerprint density at radius 2 is 2.16 bits per heavy atom. The summed E-state index contributed by atoms with van der Waals surface area (Å²) in [6, 6.07) is -0.287. The summed E-state index contributed by atoms with van der Waals surface area (Å²) in [4.78, 5) is 29.4. The molecule has 2 rings (SSSR count). The molecule has 6 heteroatoms. The highest BCUT2D eigenvalue weighted by Crippen LogP contribution is 2.25. The number of hydrogen-bond donors (Lipinski definition) is 0. The number of hydrogen-bond acceptors (Lipinski definition) is 4. The number of ether oxygens (including phenoxy) is 1. The fourth-order valence-electron chi connectivity index (χ4n) is 2.46. The molecule has 0 N–H and O–H groups in total. The number of aromatic nitrogens is 2. The van der Waals surface area contributed by atoms with Crippen molar-refractivity contribution in [3.05, 3.63) is 17.7 Å². The van der Waals surface area contributed by atoms with Crippen LogP contribution in [-0.4, -0.2) is 39.5 Å². The van der Waals surface area contributed by atoms with Crippen LogP contribution < -0.4 is 0 Å². The maximum Gasteiger partial charge on any atom is 0.329 e. The van der Waals surface area contributed by atoms with E-state index in [0.717, 1.165) is 11.4 Å². The quantitative estimate of drug-likeness (QED) is 0.746. The Balaban J connectivity index is 2.38. The number of imidazole rings is 1. The molecule has 104 valence electrons. The van der Waals surface area contributed by atoms with Gasteiger partial charge in [-0.3, -0.25) is 4.79 Å². The lowest BCUT2D eigenvalue weighted by atomic mass is 10.0. The van der Waals surface area contributed by atoms with Gasteiger partial charge in [0.15, 0.2) is 0 Å². The number of esters is 1. The van der Waals surface area contributed by atoms with E-state index in [9.17, 15) is 9.59 Å². The first-order valence-electron chi connectivity index (χ1n) is 6.35. The maximum atomic E-state index is 11.8. The number of amides is 1. The van der Waals surface area contributed by atoms with E-state index in [1.165, 1.54) is 14.0 Å². The summed E-state index contributed by atoms with van der Waals surface area (Å²) >= 11 is 0. The van der Waals surface area contributed by atoms with Gasteiger partial charge in [0.05, 0.1) is 31.4 Å². The molecule has 1 aromatic heterocycles.